The second kappa shape index (κ2) is 5.43. The number of hydrogen-bond acceptors (Lipinski definition) is 4. The van der Waals surface area contributed by atoms with Gasteiger partial charge >= 0.3 is 0 Å². The summed E-state index contributed by atoms with van der Waals surface area (Å²) in [5, 5.41) is 44.9. The molecule has 0 atom stereocenters. The Morgan fingerprint density at radius 1 is 0.357 bits per heavy atom. The maximum absolute atomic E-state index is 9.77. The molecule has 0 amide bonds. The topological polar surface area (TPSA) is 95.2 Å². The quantitative estimate of drug-likeness (QED) is 0.282. The van der Waals surface area contributed by atoms with E-state index in [2.05, 4.69) is 24.3 Å². The van der Waals surface area contributed by atoms with Crippen molar-refractivity contribution in [2.75, 3.05) is 0 Å². The lowest BCUT2D eigenvalue weighted by Gasteiger charge is -2.17. The van der Waals surface area contributed by atoms with Crippen LogP contribution in [0.3, 0.4) is 0 Å². The molecular formula is C24H8N4. The van der Waals surface area contributed by atoms with Gasteiger partial charge in [-0.15, -0.1) is 0 Å². The van der Waals surface area contributed by atoms with E-state index >= 15 is 0 Å². The van der Waals surface area contributed by atoms with Gasteiger partial charge in [0.2, 0.25) is 0 Å². The smallest absolute Gasteiger partial charge is 0.0998 e. The van der Waals surface area contributed by atoms with Gasteiger partial charge in [-0.25, -0.2) is 0 Å². The molecule has 5 rings (SSSR count). The lowest BCUT2D eigenvalue weighted by atomic mass is 9.84. The minimum Gasteiger partial charge on any atom is -0.192 e. The molecular weight excluding hydrogens is 344 g/mol. The van der Waals surface area contributed by atoms with E-state index in [1.165, 1.54) is 0 Å². The highest BCUT2D eigenvalue weighted by atomic mass is 14.3. The monoisotopic (exact) mass is 352 g/mol. The SMILES string of the molecule is N#Cc1ccc2c3ccc(C#N)c4ccc(C#N)c(c5c(C#N)ccc1c25)c43. The van der Waals surface area contributed by atoms with Crippen molar-refractivity contribution >= 4 is 43.1 Å². The van der Waals surface area contributed by atoms with Gasteiger partial charge in [0.05, 0.1) is 46.5 Å². The molecule has 4 heteroatoms. The Morgan fingerprint density at radius 3 is 1.04 bits per heavy atom. The van der Waals surface area contributed by atoms with E-state index in [-0.39, 0.29) is 0 Å². The number of rotatable bonds is 0. The predicted molar refractivity (Wildman–Crippen MR) is 107 cm³/mol. The van der Waals surface area contributed by atoms with Crippen LogP contribution in [0.4, 0.5) is 0 Å². The lowest BCUT2D eigenvalue weighted by molar-refractivity contribution is 1.49. The van der Waals surface area contributed by atoms with Gasteiger partial charge < -0.3 is 0 Å². The molecule has 28 heavy (non-hydrogen) atoms. The maximum atomic E-state index is 9.77. The molecule has 4 nitrogen and oxygen atoms in total. The summed E-state index contributed by atoms with van der Waals surface area (Å²) in [5.41, 5.74) is 1.93. The molecule has 0 saturated heterocycles. The van der Waals surface area contributed by atoms with Crippen LogP contribution in [0.25, 0.3) is 43.1 Å². The Hall–Kier alpha value is -4.64. The normalized spacial score (nSPS) is 10.7. The number of nitriles is 4. The fourth-order valence-electron chi connectivity index (χ4n) is 4.24. The zero-order valence-corrected chi connectivity index (χ0v) is 14.4. The van der Waals surface area contributed by atoms with Gasteiger partial charge in [-0.05, 0) is 35.0 Å². The minimum absolute atomic E-state index is 0.445. The molecule has 5 aromatic carbocycles. The number of fused-ring (bicyclic) bond motifs is 2. The highest BCUT2D eigenvalue weighted by Crippen LogP contribution is 2.44. The zero-order chi connectivity index (χ0) is 19.4. The second-order valence-electron chi connectivity index (χ2n) is 6.59. The number of benzene rings is 5. The summed E-state index contributed by atoms with van der Waals surface area (Å²) in [6, 6.07) is 23.2. The van der Waals surface area contributed by atoms with Crippen LogP contribution in [0, 0.1) is 45.3 Å². The van der Waals surface area contributed by atoms with Crippen molar-refractivity contribution in [3.8, 4) is 24.3 Å². The first kappa shape index (κ1) is 15.6. The van der Waals surface area contributed by atoms with E-state index in [1.807, 2.05) is 12.1 Å². The summed E-state index contributed by atoms with van der Waals surface area (Å²) in [7, 11) is 0. The summed E-state index contributed by atoms with van der Waals surface area (Å²) in [4.78, 5) is 0. The number of nitrogens with zero attached hydrogens (tertiary/aromatic N) is 4. The number of hydrogen-bond donors (Lipinski definition) is 0. The molecule has 0 bridgehead atoms. The third-order valence-corrected chi connectivity index (χ3v) is 5.39. The van der Waals surface area contributed by atoms with Crippen LogP contribution in [-0.2, 0) is 0 Å². The Balaban J connectivity index is 2.30. The van der Waals surface area contributed by atoms with Gasteiger partial charge in [0, 0.05) is 32.3 Å². The van der Waals surface area contributed by atoms with Crippen LogP contribution in [0.5, 0.6) is 0 Å². The van der Waals surface area contributed by atoms with Crippen LogP contribution in [0.15, 0.2) is 48.5 Å². The molecule has 0 unspecified atom stereocenters. The zero-order valence-electron chi connectivity index (χ0n) is 14.4. The van der Waals surface area contributed by atoms with Crippen molar-refractivity contribution in [2.24, 2.45) is 0 Å². The van der Waals surface area contributed by atoms with Crippen LogP contribution in [0.2, 0.25) is 0 Å². The predicted octanol–water partition coefficient (Wildman–Crippen LogP) is 5.22. The van der Waals surface area contributed by atoms with Gasteiger partial charge in [-0.3, -0.25) is 0 Å². The molecule has 5 aromatic rings. The second-order valence-corrected chi connectivity index (χ2v) is 6.59. The summed E-state index contributed by atoms with van der Waals surface area (Å²) < 4.78 is 0. The molecule has 0 heterocycles. The van der Waals surface area contributed by atoms with Crippen molar-refractivity contribution in [1.29, 1.82) is 21.0 Å². The lowest BCUT2D eigenvalue weighted by Crippen LogP contribution is -1.94. The van der Waals surface area contributed by atoms with Gasteiger partial charge in [0.25, 0.3) is 0 Å². The molecule has 124 valence electrons. The first-order chi connectivity index (χ1) is 13.7. The first-order valence-electron chi connectivity index (χ1n) is 8.54. The van der Waals surface area contributed by atoms with E-state index in [4.69, 9.17) is 0 Å². The van der Waals surface area contributed by atoms with Gasteiger partial charge in [-0.1, -0.05) is 24.3 Å². The summed E-state index contributed by atoms with van der Waals surface area (Å²) >= 11 is 0. The fraction of sp³-hybridized carbons (Fsp3) is 0. The van der Waals surface area contributed by atoms with Crippen LogP contribution < -0.4 is 0 Å². The molecule has 0 N–H and O–H groups in total. The summed E-state index contributed by atoms with van der Waals surface area (Å²) in [6.45, 7) is 0. The van der Waals surface area contributed by atoms with E-state index in [0.717, 1.165) is 32.3 Å². The van der Waals surface area contributed by atoms with Gasteiger partial charge in [0.1, 0.15) is 0 Å². The average molecular weight is 352 g/mol. The molecule has 0 saturated carbocycles. The maximum Gasteiger partial charge on any atom is 0.0998 e. The van der Waals surface area contributed by atoms with E-state index in [1.54, 1.807) is 36.4 Å². The van der Waals surface area contributed by atoms with Gasteiger partial charge in [-0.2, -0.15) is 21.0 Å². The van der Waals surface area contributed by atoms with Crippen LogP contribution in [0.1, 0.15) is 22.3 Å². The molecule has 0 aliphatic heterocycles. The first-order valence-corrected chi connectivity index (χ1v) is 8.54. The highest BCUT2D eigenvalue weighted by Gasteiger charge is 2.20. The Kier molecular flexibility index (Phi) is 3.02. The third-order valence-electron chi connectivity index (χ3n) is 5.39. The largest absolute Gasteiger partial charge is 0.192 e. The summed E-state index contributed by atoms with van der Waals surface area (Å²) in [6.07, 6.45) is 0. The molecule has 0 spiro atoms. The van der Waals surface area contributed by atoms with E-state index in [0.29, 0.717) is 33.0 Å². The fourth-order valence-corrected chi connectivity index (χ4v) is 4.24. The van der Waals surface area contributed by atoms with Gasteiger partial charge in [0.15, 0.2) is 0 Å². The standard InChI is InChI=1S/C24H8N4/c25-9-13-1-7-19-20-8-2-14(10-26)18-6-4-16(12-28)22(24(18)20)21-15(11-27)3-5-17(13)23(19)21/h1-8H. The van der Waals surface area contributed by atoms with Crippen molar-refractivity contribution in [1.82, 2.24) is 0 Å². The van der Waals surface area contributed by atoms with Crippen molar-refractivity contribution in [3.63, 3.8) is 0 Å². The van der Waals surface area contributed by atoms with Crippen LogP contribution >= 0.6 is 0 Å². The third kappa shape index (κ3) is 1.74. The van der Waals surface area contributed by atoms with Crippen LogP contribution in [-0.4, -0.2) is 0 Å². The van der Waals surface area contributed by atoms with E-state index in [9.17, 15) is 21.0 Å². The minimum atomic E-state index is 0.445. The molecule has 0 aliphatic rings. The molecule has 0 fully saturated rings. The Bertz CT molecular complexity index is 1520. The van der Waals surface area contributed by atoms with Crippen molar-refractivity contribution in [3.05, 3.63) is 70.8 Å². The highest BCUT2D eigenvalue weighted by molar-refractivity contribution is 6.35. The molecule has 0 aliphatic carbocycles. The Labute approximate surface area is 159 Å². The summed E-state index contributed by atoms with van der Waals surface area (Å²) in [5.74, 6) is 0. The van der Waals surface area contributed by atoms with Crippen molar-refractivity contribution < 1.29 is 0 Å². The van der Waals surface area contributed by atoms with Crippen molar-refractivity contribution in [2.45, 2.75) is 0 Å². The molecule has 0 aromatic heterocycles. The Morgan fingerprint density at radius 2 is 0.679 bits per heavy atom. The van der Waals surface area contributed by atoms with E-state index < -0.39 is 0 Å². The molecule has 0 radical (unpaired) electrons. The average Bonchev–Trinajstić information content (AvgIpc) is 2.75.